The number of hydrogen-bond acceptors (Lipinski definition) is 6. The van der Waals surface area contributed by atoms with E-state index in [9.17, 15) is 9.90 Å². The molecule has 0 radical (unpaired) electrons. The number of rotatable bonds is 7. The summed E-state index contributed by atoms with van der Waals surface area (Å²) in [6, 6.07) is 12.9. The predicted molar refractivity (Wildman–Crippen MR) is 116 cm³/mol. The molecular weight excluding hydrogens is 410 g/mol. The number of benzene rings is 2. The van der Waals surface area contributed by atoms with Crippen LogP contribution in [0.1, 0.15) is 41.6 Å². The van der Waals surface area contributed by atoms with Crippen molar-refractivity contribution in [1.29, 1.82) is 5.26 Å². The molecule has 1 fully saturated rings. The highest BCUT2D eigenvalue weighted by Crippen LogP contribution is 2.34. The SMILES string of the molecule is N#Cc1ccc(COc2ccc(CO)c3onc(CCC4CCN(C(=O)O)CC4)c23)cc1. The number of aliphatic hydroxyl groups is 1. The molecule has 0 aliphatic carbocycles. The molecule has 0 atom stereocenters. The van der Waals surface area contributed by atoms with Gasteiger partial charge in [-0.25, -0.2) is 4.79 Å². The third-order valence-corrected chi connectivity index (χ3v) is 6.06. The molecule has 0 spiro atoms. The zero-order valence-electron chi connectivity index (χ0n) is 17.7. The number of ether oxygens (including phenoxy) is 1. The van der Waals surface area contributed by atoms with Crippen LogP contribution in [0.2, 0.25) is 0 Å². The lowest BCUT2D eigenvalue weighted by Crippen LogP contribution is -2.37. The van der Waals surface area contributed by atoms with Crippen LogP contribution >= 0.6 is 0 Å². The second-order valence-electron chi connectivity index (χ2n) is 8.06. The van der Waals surface area contributed by atoms with E-state index in [1.165, 1.54) is 4.90 Å². The van der Waals surface area contributed by atoms with Crippen LogP contribution in [-0.2, 0) is 19.6 Å². The van der Waals surface area contributed by atoms with Crippen molar-refractivity contribution in [3.05, 3.63) is 58.8 Å². The third-order valence-electron chi connectivity index (χ3n) is 6.06. The molecule has 2 heterocycles. The first-order chi connectivity index (χ1) is 15.6. The Hall–Kier alpha value is -3.57. The zero-order chi connectivity index (χ0) is 22.5. The molecule has 1 aromatic heterocycles. The summed E-state index contributed by atoms with van der Waals surface area (Å²) < 4.78 is 11.6. The Bertz CT molecular complexity index is 1120. The summed E-state index contributed by atoms with van der Waals surface area (Å²) in [5.41, 5.74) is 3.50. The largest absolute Gasteiger partial charge is 0.488 e. The number of carbonyl (C=O) groups is 1. The number of amides is 1. The molecule has 8 nitrogen and oxygen atoms in total. The lowest BCUT2D eigenvalue weighted by Gasteiger charge is -2.29. The Kier molecular flexibility index (Phi) is 6.57. The van der Waals surface area contributed by atoms with Gasteiger partial charge >= 0.3 is 6.09 Å². The molecule has 0 bridgehead atoms. The average molecular weight is 435 g/mol. The van der Waals surface area contributed by atoms with Gasteiger partial charge in [0.2, 0.25) is 0 Å². The number of carboxylic acid groups (broad SMARTS) is 1. The van der Waals surface area contributed by atoms with Crippen molar-refractivity contribution in [2.24, 2.45) is 5.92 Å². The minimum Gasteiger partial charge on any atom is -0.488 e. The molecule has 2 N–H and O–H groups in total. The first-order valence-electron chi connectivity index (χ1n) is 10.7. The second kappa shape index (κ2) is 9.71. The standard InChI is InChI=1S/C24H25N3O5/c25-13-17-1-3-18(4-2-17)15-31-21-8-6-19(14-28)23-22(21)20(26-32-23)7-5-16-9-11-27(12-10-16)24(29)30/h1-4,6,8,16,28H,5,7,9-12,14-15H2,(H,29,30). The summed E-state index contributed by atoms with van der Waals surface area (Å²) in [7, 11) is 0. The summed E-state index contributed by atoms with van der Waals surface area (Å²) >= 11 is 0. The molecule has 3 aromatic rings. The molecule has 2 aromatic carbocycles. The highest BCUT2D eigenvalue weighted by molar-refractivity contribution is 5.88. The fourth-order valence-corrected chi connectivity index (χ4v) is 4.14. The minimum absolute atomic E-state index is 0.158. The number of piperidine rings is 1. The van der Waals surface area contributed by atoms with Gasteiger partial charge in [0.1, 0.15) is 12.4 Å². The topological polar surface area (TPSA) is 120 Å². The quantitative estimate of drug-likeness (QED) is 0.573. The van der Waals surface area contributed by atoms with Crippen LogP contribution in [0, 0.1) is 17.2 Å². The van der Waals surface area contributed by atoms with E-state index in [2.05, 4.69) is 11.2 Å². The number of aliphatic hydroxyl groups excluding tert-OH is 1. The van der Waals surface area contributed by atoms with Crippen molar-refractivity contribution in [3.8, 4) is 11.8 Å². The molecule has 166 valence electrons. The van der Waals surface area contributed by atoms with Gasteiger partial charge in [-0.1, -0.05) is 17.3 Å². The van der Waals surface area contributed by atoms with Crippen LogP contribution < -0.4 is 4.74 Å². The van der Waals surface area contributed by atoms with Crippen molar-refractivity contribution < 1.29 is 24.3 Å². The molecule has 1 amide bonds. The van der Waals surface area contributed by atoms with E-state index >= 15 is 0 Å². The Morgan fingerprint density at radius 2 is 1.97 bits per heavy atom. The van der Waals surface area contributed by atoms with E-state index in [1.54, 1.807) is 18.2 Å². The van der Waals surface area contributed by atoms with Gasteiger partial charge < -0.3 is 24.4 Å². The van der Waals surface area contributed by atoms with Gasteiger partial charge in [0.25, 0.3) is 0 Å². The summed E-state index contributed by atoms with van der Waals surface area (Å²) in [4.78, 5) is 12.6. The summed E-state index contributed by atoms with van der Waals surface area (Å²) in [5.74, 6) is 1.07. The first kappa shape index (κ1) is 21.7. The maximum absolute atomic E-state index is 11.1. The van der Waals surface area contributed by atoms with E-state index < -0.39 is 6.09 Å². The van der Waals surface area contributed by atoms with Crippen LogP contribution in [0.3, 0.4) is 0 Å². The van der Waals surface area contributed by atoms with Crippen molar-refractivity contribution in [1.82, 2.24) is 10.1 Å². The van der Waals surface area contributed by atoms with Crippen molar-refractivity contribution in [3.63, 3.8) is 0 Å². The Labute approximate surface area is 185 Å². The molecule has 0 saturated carbocycles. The molecule has 1 aliphatic heterocycles. The maximum Gasteiger partial charge on any atom is 0.407 e. The fraction of sp³-hybridized carbons (Fsp3) is 0.375. The smallest absolute Gasteiger partial charge is 0.407 e. The fourth-order valence-electron chi connectivity index (χ4n) is 4.14. The normalized spacial score (nSPS) is 14.4. The van der Waals surface area contributed by atoms with Crippen molar-refractivity contribution in [2.45, 2.75) is 38.9 Å². The number of nitrogens with zero attached hydrogens (tertiary/aromatic N) is 3. The van der Waals surface area contributed by atoms with Gasteiger partial charge in [-0.3, -0.25) is 0 Å². The van der Waals surface area contributed by atoms with Crippen LogP contribution in [-0.4, -0.2) is 39.5 Å². The first-order valence-corrected chi connectivity index (χ1v) is 10.7. The Morgan fingerprint density at radius 3 is 2.62 bits per heavy atom. The van der Waals surface area contributed by atoms with Crippen LogP contribution in [0.5, 0.6) is 5.75 Å². The lowest BCUT2D eigenvalue weighted by molar-refractivity contribution is 0.123. The molecule has 1 saturated heterocycles. The number of fused-ring (bicyclic) bond motifs is 1. The second-order valence-corrected chi connectivity index (χ2v) is 8.06. The monoisotopic (exact) mass is 435 g/mol. The van der Waals surface area contributed by atoms with Gasteiger partial charge in [-0.05, 0) is 61.4 Å². The minimum atomic E-state index is -0.855. The third kappa shape index (κ3) is 4.68. The van der Waals surface area contributed by atoms with E-state index in [4.69, 9.17) is 19.6 Å². The Morgan fingerprint density at radius 1 is 1.22 bits per heavy atom. The highest BCUT2D eigenvalue weighted by Gasteiger charge is 2.24. The van der Waals surface area contributed by atoms with Crippen molar-refractivity contribution >= 4 is 17.1 Å². The van der Waals surface area contributed by atoms with Gasteiger partial charge in [-0.15, -0.1) is 0 Å². The maximum atomic E-state index is 11.1. The van der Waals surface area contributed by atoms with E-state index in [-0.39, 0.29) is 6.61 Å². The van der Waals surface area contributed by atoms with Crippen LogP contribution in [0.25, 0.3) is 11.0 Å². The number of nitriles is 1. The highest BCUT2D eigenvalue weighted by atomic mass is 16.5. The Balaban J connectivity index is 1.49. The molecule has 32 heavy (non-hydrogen) atoms. The molecule has 8 heteroatoms. The molecule has 4 rings (SSSR count). The number of likely N-dealkylation sites (tertiary alicyclic amines) is 1. The van der Waals surface area contributed by atoms with E-state index in [0.717, 1.165) is 35.9 Å². The summed E-state index contributed by atoms with van der Waals surface area (Å²) in [6.07, 6.45) is 2.39. The van der Waals surface area contributed by atoms with Gasteiger partial charge in [0.05, 0.1) is 29.3 Å². The van der Waals surface area contributed by atoms with Crippen molar-refractivity contribution in [2.75, 3.05) is 13.1 Å². The summed E-state index contributed by atoms with van der Waals surface area (Å²) in [5, 5.41) is 32.8. The molecular formula is C24H25N3O5. The average Bonchev–Trinajstić information content (AvgIpc) is 3.26. The predicted octanol–water partition coefficient (Wildman–Crippen LogP) is 4.09. The van der Waals surface area contributed by atoms with Crippen LogP contribution in [0.15, 0.2) is 40.9 Å². The number of hydrogen-bond donors (Lipinski definition) is 2. The van der Waals surface area contributed by atoms with E-state index in [0.29, 0.717) is 54.5 Å². The van der Waals surface area contributed by atoms with E-state index in [1.807, 2.05) is 18.2 Å². The molecule has 1 aliphatic rings. The zero-order valence-corrected chi connectivity index (χ0v) is 17.7. The van der Waals surface area contributed by atoms with Gasteiger partial charge in [-0.2, -0.15) is 5.26 Å². The van der Waals surface area contributed by atoms with Crippen LogP contribution in [0.4, 0.5) is 4.79 Å². The molecule has 0 unspecified atom stereocenters. The number of aryl methyl sites for hydroxylation is 1. The van der Waals surface area contributed by atoms with Gasteiger partial charge in [0.15, 0.2) is 5.58 Å². The summed E-state index contributed by atoms with van der Waals surface area (Å²) in [6.45, 7) is 1.30. The van der Waals surface area contributed by atoms with Gasteiger partial charge in [0, 0.05) is 18.7 Å². The lowest BCUT2D eigenvalue weighted by atomic mass is 9.91. The number of aromatic nitrogens is 1.